The Hall–Kier alpha value is -2.61. The van der Waals surface area contributed by atoms with Crippen molar-refractivity contribution in [2.75, 3.05) is 0 Å². The summed E-state index contributed by atoms with van der Waals surface area (Å²) < 4.78 is 26.3. The first-order valence-electron chi connectivity index (χ1n) is 5.43. The highest BCUT2D eigenvalue weighted by Crippen LogP contribution is 2.22. The number of nitrogens with zero attached hydrogens (tertiary/aromatic N) is 2. The van der Waals surface area contributed by atoms with Gasteiger partial charge in [-0.3, -0.25) is 4.79 Å². The van der Waals surface area contributed by atoms with Crippen LogP contribution in [0.2, 0.25) is 0 Å². The molecule has 2 rings (SSSR count). The van der Waals surface area contributed by atoms with Gasteiger partial charge in [0.1, 0.15) is 11.7 Å². The van der Waals surface area contributed by atoms with E-state index in [1.807, 2.05) is 0 Å². The molecule has 19 heavy (non-hydrogen) atoms. The van der Waals surface area contributed by atoms with Crippen molar-refractivity contribution in [3.63, 3.8) is 0 Å². The summed E-state index contributed by atoms with van der Waals surface area (Å²) in [6, 6.07) is 9.27. The average molecular weight is 258 g/mol. The number of halogens is 2. The summed E-state index contributed by atoms with van der Waals surface area (Å²) in [6.07, 6.45) is 1.23. The number of nitriles is 1. The highest BCUT2D eigenvalue weighted by Gasteiger charge is 2.25. The summed E-state index contributed by atoms with van der Waals surface area (Å²) >= 11 is 0. The van der Waals surface area contributed by atoms with Gasteiger partial charge in [0.25, 0.3) is 0 Å². The molecule has 0 radical (unpaired) electrons. The second-order valence-corrected chi connectivity index (χ2v) is 3.82. The fourth-order valence-electron chi connectivity index (χ4n) is 1.66. The maximum absolute atomic E-state index is 13.5. The van der Waals surface area contributed by atoms with E-state index in [1.165, 1.54) is 30.5 Å². The van der Waals surface area contributed by atoms with E-state index >= 15 is 0 Å². The average Bonchev–Trinajstić information content (AvgIpc) is 2.42. The van der Waals surface area contributed by atoms with E-state index in [9.17, 15) is 13.6 Å². The summed E-state index contributed by atoms with van der Waals surface area (Å²) in [5.41, 5.74) is 0.0653. The van der Waals surface area contributed by atoms with Crippen molar-refractivity contribution in [3.8, 4) is 6.07 Å². The van der Waals surface area contributed by atoms with Crippen molar-refractivity contribution in [1.82, 2.24) is 4.98 Å². The molecule has 0 amide bonds. The predicted molar refractivity (Wildman–Crippen MR) is 63.3 cm³/mol. The Morgan fingerprint density at radius 2 is 1.89 bits per heavy atom. The van der Waals surface area contributed by atoms with Crippen LogP contribution in [0.3, 0.4) is 0 Å². The fourth-order valence-corrected chi connectivity index (χ4v) is 1.66. The lowest BCUT2D eigenvalue weighted by Gasteiger charge is -2.08. The molecule has 0 aliphatic rings. The lowest BCUT2D eigenvalue weighted by Crippen LogP contribution is -2.13. The summed E-state index contributed by atoms with van der Waals surface area (Å²) in [5.74, 6) is -3.23. The highest BCUT2D eigenvalue weighted by atomic mass is 19.1. The lowest BCUT2D eigenvalue weighted by molar-refractivity contribution is 0.0977. The Kier molecular flexibility index (Phi) is 3.62. The Morgan fingerprint density at radius 1 is 1.21 bits per heavy atom. The van der Waals surface area contributed by atoms with Gasteiger partial charge in [-0.1, -0.05) is 6.07 Å². The SMILES string of the molecule is N#CC(C(=O)c1ccc(F)cc1)c1cccnc1F. The van der Waals surface area contributed by atoms with Gasteiger partial charge < -0.3 is 0 Å². The number of rotatable bonds is 3. The molecule has 0 bridgehead atoms. The van der Waals surface area contributed by atoms with Gasteiger partial charge in [-0.2, -0.15) is 9.65 Å². The standard InChI is InChI=1S/C14H8F2N2O/c15-10-5-3-9(4-6-10)13(19)12(8-17)11-2-1-7-18-14(11)16/h1-7,12H. The van der Waals surface area contributed by atoms with E-state index in [-0.39, 0.29) is 11.1 Å². The molecule has 1 unspecified atom stereocenters. The summed E-state index contributed by atoms with van der Waals surface area (Å²) in [7, 11) is 0. The van der Waals surface area contributed by atoms with Crippen LogP contribution in [-0.2, 0) is 0 Å². The number of benzene rings is 1. The number of Topliss-reactive ketones (excluding diaryl/α,β-unsaturated/α-hetero) is 1. The van der Waals surface area contributed by atoms with Crippen molar-refractivity contribution >= 4 is 5.78 Å². The van der Waals surface area contributed by atoms with Crippen molar-refractivity contribution < 1.29 is 13.6 Å². The van der Waals surface area contributed by atoms with Gasteiger partial charge in [0.2, 0.25) is 5.95 Å². The Labute approximate surface area is 108 Å². The molecule has 0 aliphatic carbocycles. The first kappa shape index (κ1) is 12.8. The molecule has 1 heterocycles. The molecule has 3 nitrogen and oxygen atoms in total. The number of hydrogen-bond acceptors (Lipinski definition) is 3. The minimum atomic E-state index is -1.29. The van der Waals surface area contributed by atoms with Gasteiger partial charge in [0, 0.05) is 17.3 Å². The molecule has 0 saturated carbocycles. The van der Waals surface area contributed by atoms with Gasteiger partial charge in [-0.05, 0) is 30.3 Å². The van der Waals surface area contributed by atoms with Crippen LogP contribution in [0.25, 0.3) is 0 Å². The normalized spacial score (nSPS) is 11.6. The van der Waals surface area contributed by atoms with Crippen molar-refractivity contribution in [1.29, 1.82) is 5.26 Å². The fraction of sp³-hybridized carbons (Fsp3) is 0.0714. The van der Waals surface area contributed by atoms with Crippen LogP contribution in [0.1, 0.15) is 21.8 Å². The molecule has 0 spiro atoms. The number of carbonyl (C=O) groups excluding carboxylic acids is 1. The topological polar surface area (TPSA) is 53.8 Å². The molecule has 0 saturated heterocycles. The molecule has 0 aliphatic heterocycles. The molecular formula is C14H8F2N2O. The maximum Gasteiger partial charge on any atom is 0.217 e. The van der Waals surface area contributed by atoms with E-state index < -0.39 is 23.5 Å². The summed E-state index contributed by atoms with van der Waals surface area (Å²) in [5, 5.41) is 9.05. The van der Waals surface area contributed by atoms with Crippen LogP contribution in [0.5, 0.6) is 0 Å². The molecule has 0 fully saturated rings. The largest absolute Gasteiger partial charge is 0.292 e. The van der Waals surface area contributed by atoms with Gasteiger partial charge in [0.15, 0.2) is 5.78 Å². The summed E-state index contributed by atoms with van der Waals surface area (Å²) in [6.45, 7) is 0. The Morgan fingerprint density at radius 3 is 2.47 bits per heavy atom. The van der Waals surface area contributed by atoms with Crippen LogP contribution in [-0.4, -0.2) is 10.8 Å². The Balaban J connectivity index is 2.38. The molecule has 1 atom stereocenters. The zero-order valence-electron chi connectivity index (χ0n) is 9.68. The smallest absolute Gasteiger partial charge is 0.217 e. The van der Waals surface area contributed by atoms with Gasteiger partial charge in [-0.25, -0.2) is 9.37 Å². The van der Waals surface area contributed by atoms with Crippen LogP contribution in [0.4, 0.5) is 8.78 Å². The number of pyridine rings is 1. The first-order chi connectivity index (χ1) is 9.13. The van der Waals surface area contributed by atoms with Crippen LogP contribution in [0, 0.1) is 23.1 Å². The van der Waals surface area contributed by atoms with Crippen LogP contribution < -0.4 is 0 Å². The predicted octanol–water partition coefficient (Wildman–Crippen LogP) is 2.85. The third-order valence-corrected chi connectivity index (χ3v) is 2.62. The van der Waals surface area contributed by atoms with Crippen LogP contribution in [0.15, 0.2) is 42.6 Å². The van der Waals surface area contributed by atoms with Gasteiger partial charge >= 0.3 is 0 Å². The van der Waals surface area contributed by atoms with E-state index in [4.69, 9.17) is 5.26 Å². The number of carbonyl (C=O) groups is 1. The number of hydrogen-bond donors (Lipinski definition) is 0. The van der Waals surface area contributed by atoms with Crippen molar-refractivity contribution in [2.45, 2.75) is 5.92 Å². The minimum Gasteiger partial charge on any atom is -0.292 e. The Bertz CT molecular complexity index is 647. The molecule has 5 heteroatoms. The number of ketones is 1. The van der Waals surface area contributed by atoms with E-state index in [0.29, 0.717) is 0 Å². The van der Waals surface area contributed by atoms with Gasteiger partial charge in [-0.15, -0.1) is 0 Å². The summed E-state index contributed by atoms with van der Waals surface area (Å²) in [4.78, 5) is 15.5. The molecule has 94 valence electrons. The second-order valence-electron chi connectivity index (χ2n) is 3.82. The monoisotopic (exact) mass is 258 g/mol. The first-order valence-corrected chi connectivity index (χ1v) is 5.43. The molecule has 0 N–H and O–H groups in total. The third kappa shape index (κ3) is 2.63. The van der Waals surface area contributed by atoms with E-state index in [2.05, 4.69) is 4.98 Å². The molecule has 1 aromatic heterocycles. The molecule has 1 aromatic carbocycles. The van der Waals surface area contributed by atoms with E-state index in [0.717, 1.165) is 12.1 Å². The van der Waals surface area contributed by atoms with Crippen molar-refractivity contribution in [2.24, 2.45) is 0 Å². The number of aromatic nitrogens is 1. The van der Waals surface area contributed by atoms with Crippen LogP contribution >= 0.6 is 0 Å². The lowest BCUT2D eigenvalue weighted by atomic mass is 9.93. The molecular weight excluding hydrogens is 250 g/mol. The van der Waals surface area contributed by atoms with Crippen molar-refractivity contribution in [3.05, 3.63) is 65.5 Å². The quantitative estimate of drug-likeness (QED) is 0.628. The zero-order chi connectivity index (χ0) is 13.8. The van der Waals surface area contributed by atoms with Gasteiger partial charge in [0.05, 0.1) is 6.07 Å². The zero-order valence-corrected chi connectivity index (χ0v) is 9.68. The third-order valence-electron chi connectivity index (χ3n) is 2.62. The molecule has 2 aromatic rings. The maximum atomic E-state index is 13.5. The second kappa shape index (κ2) is 5.36. The minimum absolute atomic E-state index is 0.0840. The highest BCUT2D eigenvalue weighted by molar-refractivity contribution is 6.02. The van der Waals surface area contributed by atoms with E-state index in [1.54, 1.807) is 6.07 Å².